The highest BCUT2D eigenvalue weighted by molar-refractivity contribution is 5.50. The molecular formula is C15H21N3O. The van der Waals surface area contributed by atoms with Crippen LogP contribution in [0.5, 0.6) is 0 Å². The van der Waals surface area contributed by atoms with E-state index in [4.69, 9.17) is 6.42 Å². The van der Waals surface area contributed by atoms with Gasteiger partial charge in [0.25, 0.3) is 0 Å². The number of aliphatic hydroxyl groups is 1. The molecule has 1 saturated carbocycles. The van der Waals surface area contributed by atoms with Crippen LogP contribution < -0.4 is 4.90 Å². The third-order valence-corrected chi connectivity index (χ3v) is 3.33. The number of terminal acetylenes is 1. The van der Waals surface area contributed by atoms with Gasteiger partial charge < -0.3 is 10.0 Å². The van der Waals surface area contributed by atoms with E-state index in [1.165, 1.54) is 12.8 Å². The van der Waals surface area contributed by atoms with Crippen molar-refractivity contribution in [3.8, 4) is 12.3 Å². The molecule has 102 valence electrons. The van der Waals surface area contributed by atoms with E-state index in [-0.39, 0.29) is 12.5 Å². The fourth-order valence-electron chi connectivity index (χ4n) is 2.06. The Bertz CT molecular complexity index is 475. The van der Waals surface area contributed by atoms with E-state index < -0.39 is 0 Å². The molecule has 2 rings (SSSR count). The van der Waals surface area contributed by atoms with Crippen LogP contribution in [0, 0.1) is 18.3 Å². The van der Waals surface area contributed by atoms with Gasteiger partial charge in [0.15, 0.2) is 0 Å². The van der Waals surface area contributed by atoms with E-state index >= 15 is 0 Å². The average molecular weight is 259 g/mol. The number of anilines is 1. The largest absolute Gasteiger partial charge is 0.390 e. The quantitative estimate of drug-likeness (QED) is 0.793. The van der Waals surface area contributed by atoms with Crippen LogP contribution in [0.4, 0.5) is 5.69 Å². The molecule has 1 aromatic heterocycles. The van der Waals surface area contributed by atoms with Crippen molar-refractivity contribution < 1.29 is 5.11 Å². The smallest absolute Gasteiger partial charge is 0.131 e. The first-order valence-corrected chi connectivity index (χ1v) is 6.80. The van der Waals surface area contributed by atoms with Gasteiger partial charge in [0.2, 0.25) is 0 Å². The summed E-state index contributed by atoms with van der Waals surface area (Å²) in [6.45, 7) is 5.47. The lowest BCUT2D eigenvalue weighted by atomic mass is 10.2. The van der Waals surface area contributed by atoms with Crippen molar-refractivity contribution in [1.82, 2.24) is 9.97 Å². The summed E-state index contributed by atoms with van der Waals surface area (Å²) in [5.74, 6) is 4.42. The summed E-state index contributed by atoms with van der Waals surface area (Å²) >= 11 is 0. The van der Waals surface area contributed by atoms with Crippen molar-refractivity contribution in [2.75, 3.05) is 18.0 Å². The fraction of sp³-hybridized carbons (Fsp3) is 0.600. The molecule has 0 unspecified atom stereocenters. The molecule has 1 aliphatic carbocycles. The standard InChI is InChI=1S/C15H21N3O/c1-4-7-18(9-12-5-6-12)14-8-16-15(11(2)3)17-13(14)10-19/h1,8,11-12,19H,5-7,9-10H2,2-3H3. The topological polar surface area (TPSA) is 49.2 Å². The van der Waals surface area contributed by atoms with Gasteiger partial charge in [-0.15, -0.1) is 6.42 Å². The molecule has 0 spiro atoms. The van der Waals surface area contributed by atoms with Crippen LogP contribution >= 0.6 is 0 Å². The molecule has 0 radical (unpaired) electrons. The van der Waals surface area contributed by atoms with Crippen LogP contribution in [-0.4, -0.2) is 28.2 Å². The van der Waals surface area contributed by atoms with Crippen LogP contribution in [-0.2, 0) is 6.61 Å². The molecule has 4 nitrogen and oxygen atoms in total. The van der Waals surface area contributed by atoms with Gasteiger partial charge in [0.05, 0.1) is 30.7 Å². The molecule has 1 aromatic rings. The maximum absolute atomic E-state index is 9.52. The highest BCUT2D eigenvalue weighted by Gasteiger charge is 2.25. The molecule has 1 fully saturated rings. The van der Waals surface area contributed by atoms with Gasteiger partial charge in [-0.3, -0.25) is 0 Å². The number of hydrogen-bond acceptors (Lipinski definition) is 4. The zero-order chi connectivity index (χ0) is 13.8. The van der Waals surface area contributed by atoms with E-state index in [0.717, 1.165) is 24.0 Å². The third-order valence-electron chi connectivity index (χ3n) is 3.33. The molecule has 1 aliphatic rings. The molecule has 0 aromatic carbocycles. The second-order valence-corrected chi connectivity index (χ2v) is 5.40. The summed E-state index contributed by atoms with van der Waals surface area (Å²) in [4.78, 5) is 10.9. The van der Waals surface area contributed by atoms with E-state index in [1.54, 1.807) is 6.20 Å². The van der Waals surface area contributed by atoms with Gasteiger partial charge in [0.1, 0.15) is 5.82 Å². The molecule has 19 heavy (non-hydrogen) atoms. The Morgan fingerprint density at radius 1 is 1.53 bits per heavy atom. The van der Waals surface area contributed by atoms with Crippen molar-refractivity contribution in [1.29, 1.82) is 0 Å². The van der Waals surface area contributed by atoms with Crippen molar-refractivity contribution in [2.24, 2.45) is 5.92 Å². The molecule has 0 amide bonds. The Labute approximate surface area is 114 Å². The Balaban J connectivity index is 2.26. The predicted octanol–water partition coefficient (Wildman–Crippen LogP) is 1.94. The molecule has 1 heterocycles. The summed E-state index contributed by atoms with van der Waals surface area (Å²) in [7, 11) is 0. The van der Waals surface area contributed by atoms with E-state index in [9.17, 15) is 5.11 Å². The molecule has 0 saturated heterocycles. The number of hydrogen-bond donors (Lipinski definition) is 1. The van der Waals surface area contributed by atoms with Gasteiger partial charge in [-0.05, 0) is 18.8 Å². The summed E-state index contributed by atoms with van der Waals surface area (Å²) in [5, 5.41) is 9.52. The Kier molecular flexibility index (Phi) is 4.39. The lowest BCUT2D eigenvalue weighted by Gasteiger charge is -2.24. The minimum atomic E-state index is -0.0800. The number of aliphatic hydroxyl groups excluding tert-OH is 1. The normalized spacial score (nSPS) is 14.5. The van der Waals surface area contributed by atoms with Gasteiger partial charge in [-0.1, -0.05) is 19.8 Å². The lowest BCUT2D eigenvalue weighted by Crippen LogP contribution is -2.28. The van der Waals surface area contributed by atoms with Crippen molar-refractivity contribution in [2.45, 2.75) is 39.2 Å². The minimum absolute atomic E-state index is 0.0800. The van der Waals surface area contributed by atoms with Crippen LogP contribution in [0.2, 0.25) is 0 Å². The highest BCUT2D eigenvalue weighted by atomic mass is 16.3. The summed E-state index contributed by atoms with van der Waals surface area (Å²) in [5.41, 5.74) is 1.55. The van der Waals surface area contributed by atoms with Crippen LogP contribution in [0.15, 0.2) is 6.20 Å². The van der Waals surface area contributed by atoms with E-state index in [0.29, 0.717) is 12.2 Å². The SMILES string of the molecule is C#CCN(CC1CC1)c1cnc(C(C)C)nc1CO. The van der Waals surface area contributed by atoms with E-state index in [1.807, 2.05) is 13.8 Å². The van der Waals surface area contributed by atoms with Gasteiger partial charge in [-0.25, -0.2) is 9.97 Å². The van der Waals surface area contributed by atoms with Gasteiger partial charge in [-0.2, -0.15) is 0 Å². The Morgan fingerprint density at radius 2 is 2.26 bits per heavy atom. The van der Waals surface area contributed by atoms with Crippen LogP contribution in [0.25, 0.3) is 0 Å². The second kappa shape index (κ2) is 6.03. The molecule has 0 bridgehead atoms. The minimum Gasteiger partial charge on any atom is -0.390 e. The number of nitrogens with zero attached hydrogens (tertiary/aromatic N) is 3. The van der Waals surface area contributed by atoms with Crippen molar-refractivity contribution in [3.63, 3.8) is 0 Å². The third kappa shape index (κ3) is 3.45. The average Bonchev–Trinajstić information content (AvgIpc) is 3.21. The van der Waals surface area contributed by atoms with Crippen molar-refractivity contribution >= 4 is 5.69 Å². The van der Waals surface area contributed by atoms with E-state index in [2.05, 4.69) is 20.8 Å². The van der Waals surface area contributed by atoms with Crippen molar-refractivity contribution in [3.05, 3.63) is 17.7 Å². The lowest BCUT2D eigenvalue weighted by molar-refractivity contribution is 0.276. The first-order chi connectivity index (χ1) is 9.15. The monoisotopic (exact) mass is 259 g/mol. The van der Waals surface area contributed by atoms with Crippen LogP contribution in [0.1, 0.15) is 44.1 Å². The zero-order valence-corrected chi connectivity index (χ0v) is 11.6. The van der Waals surface area contributed by atoms with Crippen LogP contribution in [0.3, 0.4) is 0 Å². The maximum Gasteiger partial charge on any atom is 0.131 e. The Hall–Kier alpha value is -1.60. The predicted molar refractivity (Wildman–Crippen MR) is 75.8 cm³/mol. The fourth-order valence-corrected chi connectivity index (χ4v) is 2.06. The zero-order valence-electron chi connectivity index (χ0n) is 11.6. The summed E-state index contributed by atoms with van der Waals surface area (Å²) in [6, 6.07) is 0. The highest BCUT2D eigenvalue weighted by Crippen LogP contribution is 2.32. The molecule has 4 heteroatoms. The van der Waals surface area contributed by atoms with Gasteiger partial charge in [0, 0.05) is 12.5 Å². The molecule has 1 N–H and O–H groups in total. The second-order valence-electron chi connectivity index (χ2n) is 5.40. The van der Waals surface area contributed by atoms with Gasteiger partial charge >= 0.3 is 0 Å². The molecule has 0 aliphatic heterocycles. The number of aromatic nitrogens is 2. The Morgan fingerprint density at radius 3 is 2.79 bits per heavy atom. The summed E-state index contributed by atoms with van der Waals surface area (Å²) < 4.78 is 0. The molecule has 0 atom stereocenters. The maximum atomic E-state index is 9.52. The summed E-state index contributed by atoms with van der Waals surface area (Å²) in [6.07, 6.45) is 9.77. The first kappa shape index (κ1) is 13.8. The molecular weight excluding hydrogens is 238 g/mol. The first-order valence-electron chi connectivity index (χ1n) is 6.80. The number of rotatable bonds is 6.